The van der Waals surface area contributed by atoms with Crippen LogP contribution in [0.1, 0.15) is 18.4 Å². The lowest BCUT2D eigenvalue weighted by molar-refractivity contribution is -0.131. The highest BCUT2D eigenvalue weighted by molar-refractivity contribution is 6.30. The van der Waals surface area contributed by atoms with Crippen LogP contribution in [-0.2, 0) is 20.9 Å². The summed E-state index contributed by atoms with van der Waals surface area (Å²) >= 11 is 5.75. The molecule has 0 radical (unpaired) electrons. The maximum absolute atomic E-state index is 11.7. The third kappa shape index (κ3) is 8.24. The SMILES string of the molecule is O=C(CCC(=O)NNC(=O)COc1ccc(Cl)cc1)NCc1ccccc1. The Kier molecular flexibility index (Phi) is 8.12. The Balaban J connectivity index is 1.57. The van der Waals surface area contributed by atoms with E-state index < -0.39 is 11.8 Å². The summed E-state index contributed by atoms with van der Waals surface area (Å²) < 4.78 is 5.24. The van der Waals surface area contributed by atoms with Crippen LogP contribution in [-0.4, -0.2) is 24.3 Å². The summed E-state index contributed by atoms with van der Waals surface area (Å²) in [5.41, 5.74) is 5.44. The van der Waals surface area contributed by atoms with Crippen LogP contribution in [0.3, 0.4) is 0 Å². The molecule has 0 unspecified atom stereocenters. The van der Waals surface area contributed by atoms with Crippen molar-refractivity contribution in [1.29, 1.82) is 0 Å². The molecular weight excluding hydrogens is 370 g/mol. The molecule has 0 spiro atoms. The van der Waals surface area contributed by atoms with E-state index in [0.29, 0.717) is 17.3 Å². The Bertz CT molecular complexity index is 766. The summed E-state index contributed by atoms with van der Waals surface area (Å²) in [5.74, 6) is -0.751. The molecule has 27 heavy (non-hydrogen) atoms. The molecule has 0 aliphatic carbocycles. The minimum absolute atomic E-state index is 0.0236. The van der Waals surface area contributed by atoms with Gasteiger partial charge >= 0.3 is 0 Å². The van der Waals surface area contributed by atoms with Gasteiger partial charge in [-0.3, -0.25) is 25.2 Å². The molecule has 0 saturated carbocycles. The molecule has 0 aromatic heterocycles. The smallest absolute Gasteiger partial charge is 0.276 e. The molecule has 0 heterocycles. The monoisotopic (exact) mass is 389 g/mol. The van der Waals surface area contributed by atoms with E-state index in [1.54, 1.807) is 24.3 Å². The van der Waals surface area contributed by atoms with Crippen LogP contribution in [0.25, 0.3) is 0 Å². The van der Waals surface area contributed by atoms with Crippen molar-refractivity contribution in [1.82, 2.24) is 16.2 Å². The zero-order chi connectivity index (χ0) is 19.5. The van der Waals surface area contributed by atoms with E-state index in [0.717, 1.165) is 5.56 Å². The molecule has 7 nitrogen and oxygen atoms in total. The first kappa shape index (κ1) is 20.3. The van der Waals surface area contributed by atoms with Gasteiger partial charge in [-0.25, -0.2) is 0 Å². The van der Waals surface area contributed by atoms with Crippen molar-refractivity contribution in [2.45, 2.75) is 19.4 Å². The van der Waals surface area contributed by atoms with E-state index in [1.165, 1.54) is 0 Å². The van der Waals surface area contributed by atoms with Gasteiger partial charge in [0.25, 0.3) is 5.91 Å². The van der Waals surface area contributed by atoms with E-state index in [9.17, 15) is 14.4 Å². The molecule has 0 aliphatic heterocycles. The van der Waals surface area contributed by atoms with Crippen molar-refractivity contribution in [2.24, 2.45) is 0 Å². The minimum Gasteiger partial charge on any atom is -0.484 e. The molecule has 142 valence electrons. The van der Waals surface area contributed by atoms with Crippen molar-refractivity contribution < 1.29 is 19.1 Å². The predicted molar refractivity (Wildman–Crippen MR) is 101 cm³/mol. The number of carbonyl (C=O) groups excluding carboxylic acids is 3. The van der Waals surface area contributed by atoms with Crippen LogP contribution in [0.5, 0.6) is 5.75 Å². The Hall–Kier alpha value is -3.06. The maximum Gasteiger partial charge on any atom is 0.276 e. The lowest BCUT2D eigenvalue weighted by atomic mass is 10.2. The van der Waals surface area contributed by atoms with Gasteiger partial charge in [-0.2, -0.15) is 0 Å². The number of amides is 3. The number of rotatable bonds is 8. The van der Waals surface area contributed by atoms with Gasteiger partial charge in [0, 0.05) is 24.4 Å². The highest BCUT2D eigenvalue weighted by Crippen LogP contribution is 2.15. The third-order valence-corrected chi connectivity index (χ3v) is 3.69. The number of benzene rings is 2. The van der Waals surface area contributed by atoms with E-state index in [1.807, 2.05) is 30.3 Å². The molecule has 0 fully saturated rings. The van der Waals surface area contributed by atoms with Crippen molar-refractivity contribution in [3.8, 4) is 5.75 Å². The average molecular weight is 390 g/mol. The highest BCUT2D eigenvalue weighted by Gasteiger charge is 2.09. The number of ether oxygens (including phenoxy) is 1. The topological polar surface area (TPSA) is 96.5 Å². The second-order valence-electron chi connectivity index (χ2n) is 5.60. The number of hydrazine groups is 1. The summed E-state index contributed by atoms with van der Waals surface area (Å²) in [7, 11) is 0. The molecule has 0 saturated heterocycles. The predicted octanol–water partition coefficient (Wildman–Crippen LogP) is 1.96. The quantitative estimate of drug-likeness (QED) is 0.601. The Morgan fingerprint density at radius 3 is 2.15 bits per heavy atom. The molecule has 8 heteroatoms. The number of nitrogens with one attached hydrogen (secondary N) is 3. The second-order valence-corrected chi connectivity index (χ2v) is 6.04. The standard InChI is InChI=1S/C19H20ClN3O4/c20-15-6-8-16(9-7-15)27-13-19(26)23-22-18(25)11-10-17(24)21-12-14-4-2-1-3-5-14/h1-9H,10-13H2,(H,21,24)(H,22,25)(H,23,26). The Morgan fingerprint density at radius 1 is 0.815 bits per heavy atom. The largest absolute Gasteiger partial charge is 0.484 e. The van der Waals surface area contributed by atoms with E-state index >= 15 is 0 Å². The molecule has 0 aliphatic rings. The van der Waals surface area contributed by atoms with Gasteiger partial charge in [0.2, 0.25) is 11.8 Å². The first-order valence-corrected chi connectivity index (χ1v) is 8.67. The van der Waals surface area contributed by atoms with Gasteiger partial charge in [0.1, 0.15) is 5.75 Å². The van der Waals surface area contributed by atoms with Gasteiger partial charge in [-0.15, -0.1) is 0 Å². The first-order chi connectivity index (χ1) is 13.0. The summed E-state index contributed by atoms with van der Waals surface area (Å²) in [6.45, 7) is 0.138. The maximum atomic E-state index is 11.7. The molecule has 2 rings (SSSR count). The lowest BCUT2D eigenvalue weighted by Crippen LogP contribution is -2.44. The zero-order valence-corrected chi connectivity index (χ0v) is 15.3. The lowest BCUT2D eigenvalue weighted by Gasteiger charge is -2.09. The van der Waals surface area contributed by atoms with Crippen molar-refractivity contribution >= 4 is 29.3 Å². The van der Waals surface area contributed by atoms with Gasteiger partial charge < -0.3 is 10.1 Å². The molecule has 0 bridgehead atoms. The van der Waals surface area contributed by atoms with Crippen molar-refractivity contribution in [3.05, 3.63) is 65.2 Å². The van der Waals surface area contributed by atoms with Crippen molar-refractivity contribution in [2.75, 3.05) is 6.61 Å². The molecule has 3 amide bonds. The Labute approximate surface area is 162 Å². The molecule has 2 aromatic carbocycles. The molecular formula is C19H20ClN3O4. The summed E-state index contributed by atoms with van der Waals surface area (Å²) in [6.07, 6.45) is -0.0191. The van der Waals surface area contributed by atoms with Crippen LogP contribution >= 0.6 is 11.6 Å². The van der Waals surface area contributed by atoms with E-state index in [4.69, 9.17) is 16.3 Å². The molecule has 0 atom stereocenters. The number of hydrogen-bond donors (Lipinski definition) is 3. The fourth-order valence-electron chi connectivity index (χ4n) is 2.03. The van der Waals surface area contributed by atoms with E-state index in [-0.39, 0.29) is 25.4 Å². The van der Waals surface area contributed by atoms with Crippen LogP contribution in [0, 0.1) is 0 Å². The zero-order valence-electron chi connectivity index (χ0n) is 14.5. The van der Waals surface area contributed by atoms with Crippen LogP contribution in [0.4, 0.5) is 0 Å². The molecule has 2 aromatic rings. The summed E-state index contributed by atoms with van der Waals surface area (Å²) in [6, 6.07) is 16.0. The van der Waals surface area contributed by atoms with Crippen molar-refractivity contribution in [3.63, 3.8) is 0 Å². The minimum atomic E-state index is -0.521. The highest BCUT2D eigenvalue weighted by atomic mass is 35.5. The van der Waals surface area contributed by atoms with Gasteiger partial charge in [0.15, 0.2) is 6.61 Å². The van der Waals surface area contributed by atoms with E-state index in [2.05, 4.69) is 16.2 Å². The number of carbonyl (C=O) groups is 3. The fourth-order valence-corrected chi connectivity index (χ4v) is 2.16. The normalized spacial score (nSPS) is 9.96. The molecule has 3 N–H and O–H groups in total. The van der Waals surface area contributed by atoms with Gasteiger partial charge in [-0.1, -0.05) is 41.9 Å². The second kappa shape index (κ2) is 10.8. The Morgan fingerprint density at radius 2 is 1.44 bits per heavy atom. The first-order valence-electron chi connectivity index (χ1n) is 8.29. The van der Waals surface area contributed by atoms with Crippen LogP contribution in [0.15, 0.2) is 54.6 Å². The third-order valence-electron chi connectivity index (χ3n) is 3.44. The number of halogens is 1. The van der Waals surface area contributed by atoms with Gasteiger partial charge in [-0.05, 0) is 29.8 Å². The summed E-state index contributed by atoms with van der Waals surface area (Å²) in [4.78, 5) is 35.0. The van der Waals surface area contributed by atoms with Crippen LogP contribution in [0.2, 0.25) is 5.02 Å². The average Bonchev–Trinajstić information content (AvgIpc) is 2.69. The fraction of sp³-hybridized carbons (Fsp3) is 0.211. The number of hydrogen-bond acceptors (Lipinski definition) is 4. The summed E-state index contributed by atoms with van der Waals surface area (Å²) in [5, 5.41) is 3.29. The van der Waals surface area contributed by atoms with Gasteiger partial charge in [0.05, 0.1) is 0 Å². The van der Waals surface area contributed by atoms with Crippen LogP contribution < -0.4 is 20.9 Å².